The maximum absolute atomic E-state index is 11.3. The molecule has 2 amide bonds. The first-order valence-electron chi connectivity index (χ1n) is 4.25. The van der Waals surface area contributed by atoms with Gasteiger partial charge < -0.3 is 15.7 Å². The molecule has 7 heteroatoms. The summed E-state index contributed by atoms with van der Waals surface area (Å²) in [6.07, 6.45) is 0. The first-order valence-corrected chi connectivity index (χ1v) is 4.25. The first-order chi connectivity index (χ1) is 6.82. The van der Waals surface area contributed by atoms with Gasteiger partial charge in [-0.1, -0.05) is 0 Å². The molecule has 0 heterocycles. The van der Waals surface area contributed by atoms with Crippen LogP contribution in [-0.4, -0.2) is 66.4 Å². The second-order valence-electron chi connectivity index (χ2n) is 3.29. The van der Waals surface area contributed by atoms with Gasteiger partial charge in [-0.2, -0.15) is 0 Å². The lowest BCUT2D eigenvalue weighted by Crippen LogP contribution is -2.43. The zero-order valence-corrected chi connectivity index (χ0v) is 8.77. The number of hydrogen-bond donors (Lipinski definition) is 2. The summed E-state index contributed by atoms with van der Waals surface area (Å²) in [5, 5.41) is 8.53. The van der Waals surface area contributed by atoms with Crippen LogP contribution in [0.4, 0.5) is 0 Å². The summed E-state index contributed by atoms with van der Waals surface area (Å²) in [4.78, 5) is 34.8. The lowest BCUT2D eigenvalue weighted by molar-refractivity contribution is -0.139. The molecule has 0 bridgehead atoms. The fourth-order valence-corrected chi connectivity index (χ4v) is 0.912. The maximum Gasteiger partial charge on any atom is 0.317 e. The highest BCUT2D eigenvalue weighted by Gasteiger charge is 2.16. The quantitative estimate of drug-likeness (QED) is 0.532. The average Bonchev–Trinajstić information content (AvgIpc) is 2.00. The van der Waals surface area contributed by atoms with Gasteiger partial charge in [0.15, 0.2) is 0 Å². The molecule has 0 spiro atoms. The van der Waals surface area contributed by atoms with Gasteiger partial charge in [0, 0.05) is 14.1 Å². The number of hydrogen-bond acceptors (Lipinski definition) is 4. The van der Waals surface area contributed by atoms with Crippen LogP contribution in [0.1, 0.15) is 0 Å². The molecule has 0 fully saturated rings. The number of carboxylic acids is 1. The second kappa shape index (κ2) is 5.97. The van der Waals surface area contributed by atoms with Crippen LogP contribution in [-0.2, 0) is 14.4 Å². The Balaban J connectivity index is 4.29. The Labute approximate surface area is 87.4 Å². The van der Waals surface area contributed by atoms with Crippen molar-refractivity contribution >= 4 is 17.8 Å². The second-order valence-corrected chi connectivity index (χ2v) is 3.29. The number of carboxylic acid groups (broad SMARTS) is 1. The van der Waals surface area contributed by atoms with Crippen molar-refractivity contribution in [3.63, 3.8) is 0 Å². The Morgan fingerprint density at radius 1 is 1.13 bits per heavy atom. The van der Waals surface area contributed by atoms with Crippen molar-refractivity contribution in [1.29, 1.82) is 0 Å². The van der Waals surface area contributed by atoms with E-state index in [9.17, 15) is 14.4 Å². The van der Waals surface area contributed by atoms with Crippen LogP contribution in [0.25, 0.3) is 0 Å². The van der Waals surface area contributed by atoms with Crippen LogP contribution in [0.15, 0.2) is 0 Å². The maximum atomic E-state index is 11.3. The Bertz CT molecular complexity index is 249. The summed E-state index contributed by atoms with van der Waals surface area (Å²) in [5.41, 5.74) is 4.92. The summed E-state index contributed by atoms with van der Waals surface area (Å²) in [5.74, 6) is -2.05. The minimum Gasteiger partial charge on any atom is -0.480 e. The van der Waals surface area contributed by atoms with Gasteiger partial charge in [0.1, 0.15) is 0 Å². The van der Waals surface area contributed by atoms with E-state index in [-0.39, 0.29) is 25.5 Å². The Morgan fingerprint density at radius 2 is 1.67 bits per heavy atom. The molecule has 7 nitrogen and oxygen atoms in total. The lowest BCUT2D eigenvalue weighted by Gasteiger charge is -2.19. The minimum atomic E-state index is -1.11. The highest BCUT2D eigenvalue weighted by atomic mass is 16.4. The molecule has 3 N–H and O–H groups in total. The summed E-state index contributed by atoms with van der Waals surface area (Å²) < 4.78 is 0. The largest absolute Gasteiger partial charge is 0.480 e. The van der Waals surface area contributed by atoms with E-state index in [4.69, 9.17) is 10.8 Å². The van der Waals surface area contributed by atoms with Crippen LogP contribution >= 0.6 is 0 Å². The van der Waals surface area contributed by atoms with Gasteiger partial charge in [-0.25, -0.2) is 0 Å². The van der Waals surface area contributed by atoms with E-state index in [0.717, 1.165) is 0 Å². The van der Waals surface area contributed by atoms with E-state index >= 15 is 0 Å². The minimum absolute atomic E-state index is 0.137. The van der Waals surface area contributed by atoms with E-state index in [0.29, 0.717) is 0 Å². The van der Waals surface area contributed by atoms with Crippen molar-refractivity contribution in [3.8, 4) is 0 Å². The lowest BCUT2D eigenvalue weighted by atomic mass is 10.4. The first kappa shape index (κ1) is 13.4. The molecule has 0 rings (SSSR count). The zero-order valence-electron chi connectivity index (χ0n) is 8.77. The number of carbonyl (C=O) groups is 3. The summed E-state index contributed by atoms with van der Waals surface area (Å²) in [6, 6.07) is 0. The smallest absolute Gasteiger partial charge is 0.317 e. The number of primary amides is 1. The van der Waals surface area contributed by atoms with Gasteiger partial charge in [-0.15, -0.1) is 0 Å². The van der Waals surface area contributed by atoms with Crippen molar-refractivity contribution in [1.82, 2.24) is 9.80 Å². The number of aliphatic carboxylic acids is 1. The topological polar surface area (TPSA) is 104 Å². The van der Waals surface area contributed by atoms with Crippen molar-refractivity contribution in [3.05, 3.63) is 0 Å². The van der Waals surface area contributed by atoms with E-state index in [1.807, 2.05) is 0 Å². The van der Waals surface area contributed by atoms with E-state index in [1.54, 1.807) is 14.1 Å². The summed E-state index contributed by atoms with van der Waals surface area (Å²) >= 11 is 0. The highest BCUT2D eigenvalue weighted by molar-refractivity contribution is 5.81. The molecular formula is C8H15N3O4. The van der Waals surface area contributed by atoms with Crippen LogP contribution in [0.2, 0.25) is 0 Å². The normalized spacial score (nSPS) is 10.1. The van der Waals surface area contributed by atoms with Crippen LogP contribution in [0, 0.1) is 0 Å². The Morgan fingerprint density at radius 3 is 2.00 bits per heavy atom. The van der Waals surface area contributed by atoms with Gasteiger partial charge in [-0.05, 0) is 0 Å². The molecule has 0 radical (unpaired) electrons. The Kier molecular flexibility index (Phi) is 5.32. The molecule has 0 unspecified atom stereocenters. The molecule has 0 aromatic heterocycles. The predicted molar refractivity (Wildman–Crippen MR) is 52.0 cm³/mol. The fourth-order valence-electron chi connectivity index (χ4n) is 0.912. The van der Waals surface area contributed by atoms with Crippen molar-refractivity contribution < 1.29 is 19.5 Å². The fraction of sp³-hybridized carbons (Fsp3) is 0.625. The van der Waals surface area contributed by atoms with Gasteiger partial charge in [0.05, 0.1) is 19.6 Å². The monoisotopic (exact) mass is 217 g/mol. The third kappa shape index (κ3) is 6.44. The van der Waals surface area contributed by atoms with E-state index in [1.165, 1.54) is 9.80 Å². The molecule has 0 saturated heterocycles. The van der Waals surface area contributed by atoms with Crippen molar-refractivity contribution in [2.24, 2.45) is 5.73 Å². The third-order valence-electron chi connectivity index (χ3n) is 1.60. The molecule has 0 saturated carbocycles. The van der Waals surface area contributed by atoms with Gasteiger partial charge in [-0.3, -0.25) is 19.3 Å². The number of rotatable bonds is 6. The number of nitrogens with zero attached hydrogens (tertiary/aromatic N) is 2. The number of carbonyl (C=O) groups excluding carboxylic acids is 2. The van der Waals surface area contributed by atoms with E-state index < -0.39 is 11.9 Å². The Hall–Kier alpha value is -1.63. The summed E-state index contributed by atoms with van der Waals surface area (Å²) in [6.45, 7) is -0.767. The molecule has 0 aliphatic rings. The predicted octanol–water partition coefficient (Wildman–Crippen LogP) is -2.05. The van der Waals surface area contributed by atoms with Crippen LogP contribution in [0.3, 0.4) is 0 Å². The molecule has 15 heavy (non-hydrogen) atoms. The van der Waals surface area contributed by atoms with Crippen LogP contribution in [0.5, 0.6) is 0 Å². The molecule has 0 aromatic rings. The standard InChI is InChI=1S/C8H15N3O4/c1-10(2)7(13)4-11(3-6(9)12)5-8(14)15/h3-5H2,1-2H3,(H2,9,12)(H,14,15). The highest BCUT2D eigenvalue weighted by Crippen LogP contribution is 1.90. The average molecular weight is 217 g/mol. The molecule has 0 atom stereocenters. The van der Waals surface area contributed by atoms with Crippen molar-refractivity contribution in [2.45, 2.75) is 0 Å². The molecule has 0 aliphatic carbocycles. The van der Waals surface area contributed by atoms with Crippen LogP contribution < -0.4 is 5.73 Å². The van der Waals surface area contributed by atoms with Gasteiger partial charge in [0.25, 0.3) is 0 Å². The molecular weight excluding hydrogens is 202 g/mol. The van der Waals surface area contributed by atoms with Crippen molar-refractivity contribution in [2.75, 3.05) is 33.7 Å². The van der Waals surface area contributed by atoms with Gasteiger partial charge >= 0.3 is 5.97 Å². The van der Waals surface area contributed by atoms with Gasteiger partial charge in [0.2, 0.25) is 11.8 Å². The number of amides is 2. The third-order valence-corrected chi connectivity index (χ3v) is 1.60. The summed E-state index contributed by atoms with van der Waals surface area (Å²) in [7, 11) is 3.09. The molecule has 86 valence electrons. The number of likely N-dealkylation sites (N-methyl/N-ethyl adjacent to an activating group) is 1. The zero-order chi connectivity index (χ0) is 12.0. The number of nitrogens with two attached hydrogens (primary N) is 1. The molecule has 0 aromatic carbocycles. The van der Waals surface area contributed by atoms with E-state index in [2.05, 4.69) is 0 Å². The molecule has 0 aliphatic heterocycles. The SMILES string of the molecule is CN(C)C(=O)CN(CC(N)=O)CC(=O)O.